The Kier molecular flexibility index (Phi) is 11.1. The number of anilines is 2. The molecule has 0 radical (unpaired) electrons. The van der Waals surface area contributed by atoms with Crippen molar-refractivity contribution in [3.05, 3.63) is 58.7 Å². The van der Waals surface area contributed by atoms with Gasteiger partial charge in [0.05, 0.1) is 5.69 Å². The first-order chi connectivity index (χ1) is 16.4. The summed E-state index contributed by atoms with van der Waals surface area (Å²) in [6, 6.07) is 6.58. The van der Waals surface area contributed by atoms with Crippen LogP contribution in [0.2, 0.25) is 0 Å². The molecular weight excluding hydrogens is 428 g/mol. The Morgan fingerprint density at radius 3 is 2.53 bits per heavy atom. The van der Waals surface area contributed by atoms with Crippen LogP contribution in [0.15, 0.2) is 41.4 Å². The Bertz CT molecular complexity index is 969. The smallest absolute Gasteiger partial charge is 0.273 e. The minimum absolute atomic E-state index is 0.0823. The van der Waals surface area contributed by atoms with Crippen LogP contribution in [0.1, 0.15) is 55.5 Å². The average Bonchev–Trinajstić information content (AvgIpc) is 2.79. The fourth-order valence-corrected chi connectivity index (χ4v) is 3.90. The zero-order chi connectivity index (χ0) is 24.9. The molecule has 1 heterocycles. The van der Waals surface area contributed by atoms with E-state index in [4.69, 9.17) is 16.2 Å². The van der Waals surface area contributed by atoms with E-state index in [1.54, 1.807) is 0 Å². The largest absolute Gasteiger partial charge is 0.403 e. The van der Waals surface area contributed by atoms with Gasteiger partial charge in [0.15, 0.2) is 5.70 Å². The van der Waals surface area contributed by atoms with Gasteiger partial charge < -0.3 is 21.7 Å². The minimum Gasteiger partial charge on any atom is -0.403 e. The van der Waals surface area contributed by atoms with Gasteiger partial charge in [-0.05, 0) is 61.9 Å². The molecular formula is C25H38N8O. The lowest BCUT2D eigenvalue weighted by molar-refractivity contribution is -0.117. The van der Waals surface area contributed by atoms with E-state index in [0.29, 0.717) is 12.5 Å². The van der Waals surface area contributed by atoms with Crippen LogP contribution in [0.3, 0.4) is 0 Å². The second kappa shape index (κ2) is 14.0. The third-order valence-corrected chi connectivity index (χ3v) is 5.53. The predicted molar refractivity (Wildman–Crippen MR) is 136 cm³/mol. The maximum absolute atomic E-state index is 11.9. The zero-order valence-corrected chi connectivity index (χ0v) is 20.7. The number of carbonyl (C=O) groups is 1. The molecule has 0 fully saturated rings. The van der Waals surface area contributed by atoms with E-state index in [9.17, 15) is 4.79 Å². The number of nitrogens with one attached hydrogen (secondary N) is 4. The van der Waals surface area contributed by atoms with Crippen LogP contribution in [-0.2, 0) is 17.6 Å². The molecule has 0 saturated heterocycles. The molecule has 0 aliphatic carbocycles. The SMILES string of the molecule is CCCC(CCNC(=O)/C(=C/N)N=N)NCCc1nc(Nc2cc(C)cc(C)c2)ncc1CC. The van der Waals surface area contributed by atoms with Gasteiger partial charge in [-0.3, -0.25) is 4.79 Å². The third kappa shape index (κ3) is 8.55. The van der Waals surface area contributed by atoms with Crippen LogP contribution in [0.5, 0.6) is 0 Å². The lowest BCUT2D eigenvalue weighted by Gasteiger charge is -2.19. The predicted octanol–water partition coefficient (Wildman–Crippen LogP) is 4.04. The molecule has 0 aliphatic rings. The van der Waals surface area contributed by atoms with Crippen molar-refractivity contribution in [3.8, 4) is 0 Å². The zero-order valence-electron chi connectivity index (χ0n) is 20.7. The van der Waals surface area contributed by atoms with Gasteiger partial charge in [0.1, 0.15) is 0 Å². The average molecular weight is 467 g/mol. The van der Waals surface area contributed by atoms with Crippen LogP contribution in [0.4, 0.5) is 11.6 Å². The van der Waals surface area contributed by atoms with Gasteiger partial charge in [-0.25, -0.2) is 15.5 Å². The molecule has 1 atom stereocenters. The summed E-state index contributed by atoms with van der Waals surface area (Å²) in [5.74, 6) is 0.179. The van der Waals surface area contributed by atoms with Crippen LogP contribution in [0, 0.1) is 19.4 Å². The number of amides is 1. The standard InChI is InChI=1S/C25H38N8O/c1-5-7-20(8-10-29-24(34)23(15-26)33-27)28-11-9-22-19(6-2)16-30-25(32-22)31-21-13-17(3)12-18(4)14-21/h12-16,20,27-28H,5-11,26H2,1-4H3,(H,29,34)(H,30,31,32)/b23-15-,33-27?. The summed E-state index contributed by atoms with van der Waals surface area (Å²) >= 11 is 0. The first kappa shape index (κ1) is 26.9. The Morgan fingerprint density at radius 2 is 1.91 bits per heavy atom. The molecule has 2 rings (SSSR count). The Balaban J connectivity index is 1.95. The van der Waals surface area contributed by atoms with E-state index < -0.39 is 5.91 Å². The molecule has 1 aromatic carbocycles. The quantitative estimate of drug-likeness (QED) is 0.210. The number of aryl methyl sites for hydroxylation is 3. The highest BCUT2D eigenvalue weighted by Crippen LogP contribution is 2.18. The lowest BCUT2D eigenvalue weighted by Crippen LogP contribution is -2.35. The van der Waals surface area contributed by atoms with Gasteiger partial charge in [0, 0.05) is 43.6 Å². The molecule has 0 aliphatic heterocycles. The molecule has 2 aromatic rings. The van der Waals surface area contributed by atoms with Crippen LogP contribution < -0.4 is 21.7 Å². The Labute approximate surface area is 202 Å². The summed E-state index contributed by atoms with van der Waals surface area (Å²) in [7, 11) is 0. The Hall–Kier alpha value is -3.33. The molecule has 9 nitrogen and oxygen atoms in total. The second-order valence-electron chi connectivity index (χ2n) is 8.42. The summed E-state index contributed by atoms with van der Waals surface area (Å²) in [5.41, 5.74) is 17.8. The molecule has 0 bridgehead atoms. The molecule has 6 N–H and O–H groups in total. The van der Waals surface area contributed by atoms with Gasteiger partial charge in [-0.2, -0.15) is 5.11 Å². The maximum atomic E-state index is 11.9. The minimum atomic E-state index is -0.426. The fraction of sp³-hybridized carbons (Fsp3) is 0.480. The van der Waals surface area contributed by atoms with E-state index in [1.165, 1.54) is 11.1 Å². The molecule has 1 aromatic heterocycles. The number of aromatic nitrogens is 2. The number of benzene rings is 1. The van der Waals surface area contributed by atoms with Crippen molar-refractivity contribution in [2.24, 2.45) is 10.8 Å². The van der Waals surface area contributed by atoms with Crippen LogP contribution in [-0.4, -0.2) is 35.0 Å². The number of rotatable bonds is 14. The first-order valence-corrected chi connectivity index (χ1v) is 11.9. The summed E-state index contributed by atoms with van der Waals surface area (Å²) in [4.78, 5) is 21.2. The van der Waals surface area contributed by atoms with Crippen molar-refractivity contribution >= 4 is 17.5 Å². The van der Waals surface area contributed by atoms with E-state index in [-0.39, 0.29) is 11.7 Å². The summed E-state index contributed by atoms with van der Waals surface area (Å²) in [6.07, 6.45) is 7.44. The highest BCUT2D eigenvalue weighted by Gasteiger charge is 2.12. The molecule has 184 valence electrons. The number of hydrogen-bond donors (Lipinski definition) is 5. The van der Waals surface area contributed by atoms with Crippen molar-refractivity contribution in [1.29, 1.82) is 5.53 Å². The summed E-state index contributed by atoms with van der Waals surface area (Å²) in [6.45, 7) is 9.68. The highest BCUT2D eigenvalue weighted by atomic mass is 16.2. The molecule has 1 unspecified atom stereocenters. The number of hydrogen-bond acceptors (Lipinski definition) is 8. The van der Waals surface area contributed by atoms with Gasteiger partial charge in [0.25, 0.3) is 5.91 Å². The van der Waals surface area contributed by atoms with Crippen molar-refractivity contribution < 1.29 is 4.79 Å². The fourth-order valence-electron chi connectivity index (χ4n) is 3.90. The van der Waals surface area contributed by atoms with Gasteiger partial charge in [-0.1, -0.05) is 26.3 Å². The molecule has 0 spiro atoms. The van der Waals surface area contributed by atoms with E-state index in [2.05, 4.69) is 71.9 Å². The van der Waals surface area contributed by atoms with E-state index in [0.717, 1.165) is 61.8 Å². The number of carbonyl (C=O) groups excluding carboxylic acids is 1. The van der Waals surface area contributed by atoms with Crippen molar-refractivity contribution in [2.75, 3.05) is 18.4 Å². The molecule has 0 saturated carbocycles. The second-order valence-corrected chi connectivity index (χ2v) is 8.42. The van der Waals surface area contributed by atoms with Gasteiger partial charge in [-0.15, -0.1) is 0 Å². The summed E-state index contributed by atoms with van der Waals surface area (Å²) in [5, 5.41) is 12.8. The van der Waals surface area contributed by atoms with E-state index in [1.807, 2.05) is 6.20 Å². The topological polar surface area (TPSA) is 141 Å². The normalized spacial score (nSPS) is 12.3. The summed E-state index contributed by atoms with van der Waals surface area (Å²) < 4.78 is 0. The monoisotopic (exact) mass is 466 g/mol. The number of nitrogens with two attached hydrogens (primary N) is 1. The molecule has 34 heavy (non-hydrogen) atoms. The number of nitrogens with zero attached hydrogens (tertiary/aromatic N) is 3. The maximum Gasteiger partial charge on any atom is 0.273 e. The van der Waals surface area contributed by atoms with Crippen LogP contribution >= 0.6 is 0 Å². The highest BCUT2D eigenvalue weighted by molar-refractivity contribution is 5.92. The molecule has 1 amide bonds. The van der Waals surface area contributed by atoms with Gasteiger partial charge >= 0.3 is 0 Å². The lowest BCUT2D eigenvalue weighted by atomic mass is 10.1. The van der Waals surface area contributed by atoms with Crippen molar-refractivity contribution in [2.45, 2.75) is 65.8 Å². The van der Waals surface area contributed by atoms with Gasteiger partial charge in [0.2, 0.25) is 5.95 Å². The van der Waals surface area contributed by atoms with Crippen molar-refractivity contribution in [3.63, 3.8) is 0 Å². The van der Waals surface area contributed by atoms with Crippen LogP contribution in [0.25, 0.3) is 0 Å². The van der Waals surface area contributed by atoms with E-state index >= 15 is 0 Å². The molecule has 9 heteroatoms. The Morgan fingerprint density at radius 1 is 1.18 bits per heavy atom. The first-order valence-electron chi connectivity index (χ1n) is 11.9. The van der Waals surface area contributed by atoms with Crippen molar-refractivity contribution in [1.82, 2.24) is 20.6 Å². The third-order valence-electron chi connectivity index (χ3n) is 5.53.